The maximum absolute atomic E-state index is 5.87. The molecular weight excluding hydrogens is 420 g/mol. The van der Waals surface area contributed by atoms with E-state index >= 15 is 0 Å². The van der Waals surface area contributed by atoms with Crippen LogP contribution >= 0.6 is 11.3 Å². The van der Waals surface area contributed by atoms with Crippen molar-refractivity contribution in [1.29, 1.82) is 0 Å². The van der Waals surface area contributed by atoms with Crippen LogP contribution in [0.2, 0.25) is 0 Å². The fourth-order valence-electron chi connectivity index (χ4n) is 4.56. The van der Waals surface area contributed by atoms with E-state index in [1.165, 1.54) is 15.0 Å². The van der Waals surface area contributed by atoms with Crippen molar-refractivity contribution in [3.05, 3.63) is 60.7 Å². The van der Waals surface area contributed by atoms with Crippen LogP contribution in [0, 0.1) is 6.92 Å². The lowest BCUT2D eigenvalue weighted by molar-refractivity contribution is -0.169. The number of hydrogen-bond donors (Lipinski definition) is 0. The summed E-state index contributed by atoms with van der Waals surface area (Å²) in [6.07, 6.45) is 5.52. The van der Waals surface area contributed by atoms with E-state index in [2.05, 4.69) is 52.3 Å². The third-order valence-corrected chi connectivity index (χ3v) is 7.40. The molecule has 4 aromatic rings. The quantitative estimate of drug-likeness (QED) is 0.440. The zero-order chi connectivity index (χ0) is 21.5. The fraction of sp³-hybridized carbons (Fsp3) is 0.320. The Labute approximate surface area is 190 Å². The van der Waals surface area contributed by atoms with Crippen LogP contribution in [0.3, 0.4) is 0 Å². The average Bonchev–Trinajstić information content (AvgIpc) is 3.46. The number of benzene rings is 1. The largest absolute Gasteiger partial charge is 0.356 e. The lowest BCUT2D eigenvalue weighted by Gasteiger charge is -2.38. The number of rotatable bonds is 3. The molecule has 0 atom stereocenters. The number of fused-ring (bicyclic) bond motifs is 1. The Morgan fingerprint density at radius 1 is 0.938 bits per heavy atom. The molecule has 0 unspecified atom stereocenters. The minimum Gasteiger partial charge on any atom is -0.356 e. The highest BCUT2D eigenvalue weighted by molar-refractivity contribution is 7.22. The van der Waals surface area contributed by atoms with Gasteiger partial charge in [-0.15, -0.1) is 11.3 Å². The van der Waals surface area contributed by atoms with Crippen molar-refractivity contribution in [2.45, 2.75) is 25.6 Å². The maximum Gasteiger partial charge on any atom is 0.171 e. The molecule has 0 aliphatic carbocycles. The summed E-state index contributed by atoms with van der Waals surface area (Å²) in [6, 6.07) is 14.9. The van der Waals surface area contributed by atoms with E-state index in [1.54, 1.807) is 11.3 Å². The zero-order valence-corrected chi connectivity index (χ0v) is 18.8. The molecule has 0 bridgehead atoms. The number of thiophene rings is 1. The maximum atomic E-state index is 5.87. The van der Waals surface area contributed by atoms with Gasteiger partial charge in [-0.3, -0.25) is 4.98 Å². The molecule has 2 saturated heterocycles. The van der Waals surface area contributed by atoms with Gasteiger partial charge in [0, 0.05) is 65.1 Å². The van der Waals surface area contributed by atoms with Gasteiger partial charge in [0.1, 0.15) is 11.6 Å². The number of piperidine rings is 1. The lowest BCUT2D eigenvalue weighted by Crippen LogP contribution is -2.45. The Hall–Kier alpha value is -2.87. The van der Waals surface area contributed by atoms with Gasteiger partial charge in [-0.1, -0.05) is 18.2 Å². The summed E-state index contributed by atoms with van der Waals surface area (Å²) in [5, 5.41) is 1.26. The van der Waals surface area contributed by atoms with Crippen molar-refractivity contribution in [3.63, 3.8) is 0 Å². The molecule has 1 spiro atoms. The molecule has 1 aromatic carbocycles. The number of aromatic nitrogens is 3. The van der Waals surface area contributed by atoms with Crippen molar-refractivity contribution >= 4 is 27.2 Å². The van der Waals surface area contributed by atoms with Gasteiger partial charge >= 0.3 is 0 Å². The SMILES string of the molecule is Cc1nc(-c2cncc(-c3cc4ccccc4s3)c2)cc(N2CCC3(CC2)OCCO3)n1. The van der Waals surface area contributed by atoms with Crippen LogP contribution in [-0.4, -0.2) is 47.0 Å². The van der Waals surface area contributed by atoms with Gasteiger partial charge in [-0.25, -0.2) is 9.97 Å². The molecule has 0 amide bonds. The molecule has 6 nitrogen and oxygen atoms in total. The van der Waals surface area contributed by atoms with Crippen molar-refractivity contribution < 1.29 is 9.47 Å². The molecule has 0 saturated carbocycles. The van der Waals surface area contributed by atoms with Crippen LogP contribution in [0.1, 0.15) is 18.7 Å². The lowest BCUT2D eigenvalue weighted by atomic mass is 10.0. The first kappa shape index (κ1) is 19.8. The second-order valence-electron chi connectivity index (χ2n) is 8.36. The molecule has 2 aliphatic heterocycles. The average molecular weight is 445 g/mol. The molecule has 2 fully saturated rings. The third kappa shape index (κ3) is 3.66. The van der Waals surface area contributed by atoms with E-state index in [0.717, 1.165) is 54.4 Å². The summed E-state index contributed by atoms with van der Waals surface area (Å²) in [4.78, 5) is 17.5. The Bertz CT molecular complexity index is 1240. The van der Waals surface area contributed by atoms with Gasteiger partial charge in [-0.05, 0) is 30.5 Å². The van der Waals surface area contributed by atoms with E-state index < -0.39 is 0 Å². The first-order valence-corrected chi connectivity index (χ1v) is 11.8. The topological polar surface area (TPSA) is 60.4 Å². The molecule has 32 heavy (non-hydrogen) atoms. The van der Waals surface area contributed by atoms with Crippen LogP contribution in [0.25, 0.3) is 31.8 Å². The van der Waals surface area contributed by atoms with Gasteiger partial charge < -0.3 is 14.4 Å². The molecule has 0 N–H and O–H groups in total. The number of pyridine rings is 1. The number of aryl methyl sites for hydroxylation is 1. The molecule has 6 rings (SSSR count). The van der Waals surface area contributed by atoms with E-state index in [1.807, 2.05) is 19.3 Å². The number of anilines is 1. The summed E-state index contributed by atoms with van der Waals surface area (Å²) in [6.45, 7) is 5.05. The summed E-state index contributed by atoms with van der Waals surface area (Å²) in [5.74, 6) is 1.33. The summed E-state index contributed by atoms with van der Waals surface area (Å²) < 4.78 is 13.0. The molecule has 0 radical (unpaired) electrons. The predicted molar refractivity (Wildman–Crippen MR) is 127 cm³/mol. The Balaban J connectivity index is 1.29. The highest BCUT2D eigenvalue weighted by Crippen LogP contribution is 2.36. The first-order valence-electron chi connectivity index (χ1n) is 11.0. The Kier molecular flexibility index (Phi) is 4.90. The van der Waals surface area contributed by atoms with Gasteiger partial charge in [0.2, 0.25) is 0 Å². The minimum atomic E-state index is -0.385. The normalized spacial score (nSPS) is 18.0. The summed E-state index contributed by atoms with van der Waals surface area (Å²) in [5.41, 5.74) is 3.01. The van der Waals surface area contributed by atoms with E-state index in [9.17, 15) is 0 Å². The van der Waals surface area contributed by atoms with Crippen molar-refractivity contribution in [3.8, 4) is 21.7 Å². The van der Waals surface area contributed by atoms with E-state index in [0.29, 0.717) is 13.2 Å². The van der Waals surface area contributed by atoms with Crippen LogP contribution in [0.4, 0.5) is 5.82 Å². The van der Waals surface area contributed by atoms with Gasteiger partial charge in [0.15, 0.2) is 5.79 Å². The predicted octanol–water partition coefficient (Wildman–Crippen LogP) is 5.07. The number of nitrogens with zero attached hydrogens (tertiary/aromatic N) is 4. The standard InChI is InChI=1S/C25H24N4O2S/c1-17-27-21(14-24(28-17)29-8-6-25(7-9-29)30-10-11-31-25)19-12-20(16-26-15-19)23-13-18-4-2-3-5-22(18)32-23/h2-5,12-16H,6-11H2,1H3. The van der Waals surface area contributed by atoms with Crippen LogP contribution < -0.4 is 4.90 Å². The van der Waals surface area contributed by atoms with E-state index in [4.69, 9.17) is 19.4 Å². The minimum absolute atomic E-state index is 0.385. The van der Waals surface area contributed by atoms with Crippen molar-refractivity contribution in [1.82, 2.24) is 15.0 Å². The van der Waals surface area contributed by atoms with Crippen LogP contribution in [0.15, 0.2) is 54.9 Å². The smallest absolute Gasteiger partial charge is 0.171 e. The number of ether oxygens (including phenoxy) is 2. The van der Waals surface area contributed by atoms with Crippen LogP contribution in [-0.2, 0) is 9.47 Å². The molecule has 162 valence electrons. The summed E-state index contributed by atoms with van der Waals surface area (Å²) >= 11 is 1.79. The van der Waals surface area contributed by atoms with E-state index in [-0.39, 0.29) is 5.79 Å². The van der Waals surface area contributed by atoms with Gasteiger partial charge in [0.25, 0.3) is 0 Å². The monoisotopic (exact) mass is 444 g/mol. The molecule has 7 heteroatoms. The van der Waals surface area contributed by atoms with Gasteiger partial charge in [0.05, 0.1) is 18.9 Å². The van der Waals surface area contributed by atoms with Crippen molar-refractivity contribution in [2.75, 3.05) is 31.2 Å². The molecule has 2 aliphatic rings. The number of hydrogen-bond acceptors (Lipinski definition) is 7. The third-order valence-electron chi connectivity index (χ3n) is 6.23. The second kappa shape index (κ2) is 7.92. The van der Waals surface area contributed by atoms with Crippen LogP contribution in [0.5, 0.6) is 0 Å². The Morgan fingerprint density at radius 3 is 2.53 bits per heavy atom. The molecule has 3 aromatic heterocycles. The molecule has 5 heterocycles. The highest BCUT2D eigenvalue weighted by Gasteiger charge is 2.40. The highest BCUT2D eigenvalue weighted by atomic mass is 32.1. The van der Waals surface area contributed by atoms with Gasteiger partial charge in [-0.2, -0.15) is 0 Å². The second-order valence-corrected chi connectivity index (χ2v) is 9.45. The fourth-order valence-corrected chi connectivity index (χ4v) is 5.61. The summed E-state index contributed by atoms with van der Waals surface area (Å²) in [7, 11) is 0. The molecular formula is C25H24N4O2S. The first-order chi connectivity index (χ1) is 15.7. The zero-order valence-electron chi connectivity index (χ0n) is 18.0. The Morgan fingerprint density at radius 2 is 1.72 bits per heavy atom. The van der Waals surface area contributed by atoms with Crippen molar-refractivity contribution in [2.24, 2.45) is 0 Å².